The molecule has 2 aliphatic rings. The molecule has 1 atom stereocenters. The van der Waals surface area contributed by atoms with Crippen LogP contribution in [0.1, 0.15) is 61.4 Å². The van der Waals surface area contributed by atoms with Crippen LogP contribution in [-0.2, 0) is 4.79 Å². The van der Waals surface area contributed by atoms with E-state index in [1.165, 1.54) is 5.56 Å². The molecular weight excluding hydrogens is 438 g/mol. The van der Waals surface area contributed by atoms with Crippen LogP contribution in [0.2, 0.25) is 0 Å². The van der Waals surface area contributed by atoms with Gasteiger partial charge in [-0.25, -0.2) is 4.79 Å². The molecule has 1 N–H and O–H groups in total. The molecule has 4 rings (SSSR count). The second-order valence-corrected chi connectivity index (χ2v) is 10.4. The molecule has 0 radical (unpaired) electrons. The number of methoxy groups -OCH3 is 1. The maximum absolute atomic E-state index is 13.5. The van der Waals surface area contributed by atoms with E-state index < -0.39 is 16.9 Å². The van der Waals surface area contributed by atoms with Crippen molar-refractivity contribution in [2.45, 2.75) is 62.5 Å². The summed E-state index contributed by atoms with van der Waals surface area (Å²) >= 11 is 1.60. The molecule has 176 valence electrons. The first kappa shape index (κ1) is 23.5. The van der Waals surface area contributed by atoms with Crippen LogP contribution in [0.4, 0.5) is 0 Å². The van der Waals surface area contributed by atoms with Crippen molar-refractivity contribution in [1.29, 1.82) is 0 Å². The molecule has 0 aromatic heterocycles. The van der Waals surface area contributed by atoms with Crippen LogP contribution in [0.3, 0.4) is 0 Å². The highest BCUT2D eigenvalue weighted by Crippen LogP contribution is 2.50. The largest absolute Gasteiger partial charge is 0.497 e. The fourth-order valence-electron chi connectivity index (χ4n) is 4.71. The molecule has 0 bridgehead atoms. The number of benzene rings is 2. The van der Waals surface area contributed by atoms with E-state index in [-0.39, 0.29) is 12.0 Å². The number of thioether (sulfide) groups is 1. The molecule has 1 aliphatic heterocycles. The van der Waals surface area contributed by atoms with Gasteiger partial charge in [0.05, 0.1) is 18.1 Å². The molecule has 1 spiro atoms. The zero-order valence-electron chi connectivity index (χ0n) is 19.3. The van der Waals surface area contributed by atoms with Crippen molar-refractivity contribution < 1.29 is 24.2 Å². The Morgan fingerprint density at radius 2 is 1.64 bits per heavy atom. The summed E-state index contributed by atoms with van der Waals surface area (Å²) in [4.78, 5) is 26.6. The van der Waals surface area contributed by atoms with Crippen LogP contribution in [0, 0.1) is 0 Å². The molecule has 0 unspecified atom stereocenters. The second-order valence-electron chi connectivity index (χ2n) is 9.06. The Kier molecular flexibility index (Phi) is 6.88. The van der Waals surface area contributed by atoms with Crippen molar-refractivity contribution in [3.05, 3.63) is 59.7 Å². The summed E-state index contributed by atoms with van der Waals surface area (Å²) in [6.07, 6.45) is 3.02. The van der Waals surface area contributed by atoms with E-state index >= 15 is 0 Å². The first-order valence-corrected chi connectivity index (χ1v) is 12.4. The summed E-state index contributed by atoms with van der Waals surface area (Å²) in [5.41, 5.74) is 1.76. The molecule has 1 amide bonds. The van der Waals surface area contributed by atoms with Crippen LogP contribution in [-0.4, -0.2) is 51.8 Å². The fourth-order valence-corrected chi connectivity index (χ4v) is 6.35. The number of nitrogens with zero attached hydrogens (tertiary/aromatic N) is 1. The average molecular weight is 470 g/mol. The van der Waals surface area contributed by atoms with E-state index in [0.29, 0.717) is 35.8 Å². The van der Waals surface area contributed by atoms with Gasteiger partial charge in [0.15, 0.2) is 0 Å². The Hall–Kier alpha value is -2.67. The Balaban J connectivity index is 1.48. The first-order valence-electron chi connectivity index (χ1n) is 11.4. The van der Waals surface area contributed by atoms with Gasteiger partial charge in [0.1, 0.15) is 17.5 Å². The van der Waals surface area contributed by atoms with Gasteiger partial charge in [0.2, 0.25) is 0 Å². The average Bonchev–Trinajstić information content (AvgIpc) is 3.19. The highest BCUT2D eigenvalue weighted by Gasteiger charge is 2.53. The van der Waals surface area contributed by atoms with Crippen molar-refractivity contribution in [3.8, 4) is 11.5 Å². The minimum absolute atomic E-state index is 0.0583. The molecule has 2 aromatic rings. The van der Waals surface area contributed by atoms with E-state index in [1.807, 2.05) is 12.1 Å². The van der Waals surface area contributed by atoms with E-state index in [4.69, 9.17) is 9.47 Å². The standard InChI is InChI=1S/C26H31NO5S/c1-17(2)18-4-10-21(11-5-18)32-22-12-14-26(15-13-22)27(23(16-33-26)25(29)30)24(28)19-6-8-20(31-3)9-7-19/h4-11,17,22-23H,12-16H2,1-3H3,(H,29,30)/t22?,23-,26?/m0/s1. The molecule has 1 saturated heterocycles. The van der Waals surface area contributed by atoms with Crippen molar-refractivity contribution >= 4 is 23.6 Å². The lowest BCUT2D eigenvalue weighted by Gasteiger charge is -2.43. The smallest absolute Gasteiger partial charge is 0.327 e. The van der Waals surface area contributed by atoms with Crippen LogP contribution in [0.25, 0.3) is 0 Å². The van der Waals surface area contributed by atoms with Crippen LogP contribution in [0.5, 0.6) is 11.5 Å². The third kappa shape index (κ3) is 4.83. The Morgan fingerprint density at radius 3 is 2.18 bits per heavy atom. The number of aliphatic carboxylic acids is 1. The summed E-state index contributed by atoms with van der Waals surface area (Å²) in [6.45, 7) is 4.33. The zero-order chi connectivity index (χ0) is 23.6. The van der Waals surface area contributed by atoms with E-state index in [0.717, 1.165) is 18.6 Å². The molecule has 2 fully saturated rings. The van der Waals surface area contributed by atoms with Crippen LogP contribution in [0.15, 0.2) is 48.5 Å². The van der Waals surface area contributed by atoms with Crippen LogP contribution >= 0.6 is 11.8 Å². The van der Waals surface area contributed by atoms with Crippen molar-refractivity contribution in [2.24, 2.45) is 0 Å². The van der Waals surface area contributed by atoms with Gasteiger partial charge in [0, 0.05) is 11.3 Å². The number of hydrogen-bond donors (Lipinski definition) is 1. The van der Waals surface area contributed by atoms with Gasteiger partial charge in [-0.1, -0.05) is 26.0 Å². The van der Waals surface area contributed by atoms with Crippen molar-refractivity contribution in [2.75, 3.05) is 12.9 Å². The number of hydrogen-bond acceptors (Lipinski definition) is 5. The molecule has 1 saturated carbocycles. The van der Waals surface area contributed by atoms with Crippen LogP contribution < -0.4 is 9.47 Å². The van der Waals surface area contributed by atoms with Gasteiger partial charge in [-0.2, -0.15) is 0 Å². The van der Waals surface area contributed by atoms with Crippen molar-refractivity contribution in [1.82, 2.24) is 4.90 Å². The summed E-state index contributed by atoms with van der Waals surface area (Å²) in [5.74, 6) is 1.20. The zero-order valence-corrected chi connectivity index (χ0v) is 20.1. The third-order valence-corrected chi connectivity index (χ3v) is 8.29. The first-order chi connectivity index (χ1) is 15.8. The van der Waals surface area contributed by atoms with E-state index in [9.17, 15) is 14.7 Å². The second kappa shape index (κ2) is 9.67. The lowest BCUT2D eigenvalue weighted by Crippen LogP contribution is -2.54. The Morgan fingerprint density at radius 1 is 1.03 bits per heavy atom. The number of carboxylic acid groups (broad SMARTS) is 1. The minimum atomic E-state index is -0.954. The van der Waals surface area contributed by atoms with Crippen molar-refractivity contribution in [3.63, 3.8) is 0 Å². The molecule has 7 heteroatoms. The SMILES string of the molecule is COc1ccc(C(=O)N2[C@H](C(=O)O)CSC23CCC(Oc2ccc(C(C)C)cc2)CC3)cc1. The van der Waals surface area contributed by atoms with Gasteiger partial charge in [-0.15, -0.1) is 11.8 Å². The van der Waals surface area contributed by atoms with E-state index in [1.54, 1.807) is 48.0 Å². The quantitative estimate of drug-likeness (QED) is 0.628. The predicted molar refractivity (Wildman–Crippen MR) is 129 cm³/mol. The number of carbonyl (C=O) groups is 2. The van der Waals surface area contributed by atoms with Gasteiger partial charge >= 0.3 is 5.97 Å². The number of rotatable bonds is 6. The number of ether oxygens (including phenoxy) is 2. The summed E-state index contributed by atoms with van der Waals surface area (Å²) in [7, 11) is 1.57. The van der Waals surface area contributed by atoms with Gasteiger partial charge in [0.25, 0.3) is 5.91 Å². The lowest BCUT2D eigenvalue weighted by atomic mass is 9.89. The molecule has 1 aliphatic carbocycles. The maximum Gasteiger partial charge on any atom is 0.327 e. The number of carboxylic acids is 1. The minimum Gasteiger partial charge on any atom is -0.497 e. The van der Waals surface area contributed by atoms with Gasteiger partial charge in [-0.3, -0.25) is 4.79 Å². The molecule has 1 heterocycles. The predicted octanol–water partition coefficient (Wildman–Crippen LogP) is 5.18. The maximum atomic E-state index is 13.5. The topological polar surface area (TPSA) is 76.1 Å². The lowest BCUT2D eigenvalue weighted by molar-refractivity contribution is -0.142. The van der Waals surface area contributed by atoms with Gasteiger partial charge in [-0.05, 0) is 73.6 Å². The third-order valence-electron chi connectivity index (χ3n) is 6.66. The normalized spacial score (nSPS) is 24.8. The summed E-state index contributed by atoms with van der Waals surface area (Å²) < 4.78 is 11.4. The number of amides is 1. The number of carbonyl (C=O) groups excluding carboxylic acids is 1. The van der Waals surface area contributed by atoms with Gasteiger partial charge < -0.3 is 19.5 Å². The Labute approximate surface area is 199 Å². The molecule has 6 nitrogen and oxygen atoms in total. The summed E-state index contributed by atoms with van der Waals surface area (Å²) in [5, 5.41) is 9.83. The monoisotopic (exact) mass is 469 g/mol. The highest BCUT2D eigenvalue weighted by atomic mass is 32.2. The molecular formula is C26H31NO5S. The fraction of sp³-hybridized carbons (Fsp3) is 0.462. The molecule has 33 heavy (non-hydrogen) atoms. The summed E-state index contributed by atoms with van der Waals surface area (Å²) in [6, 6.07) is 14.3. The highest BCUT2D eigenvalue weighted by molar-refractivity contribution is 8.01. The van der Waals surface area contributed by atoms with E-state index in [2.05, 4.69) is 26.0 Å². The Bertz CT molecular complexity index is 981. The molecule has 2 aromatic carbocycles.